The van der Waals surface area contributed by atoms with Gasteiger partial charge in [-0.25, -0.2) is 0 Å². The van der Waals surface area contributed by atoms with Crippen LogP contribution in [0.4, 0.5) is 0 Å². The molecule has 0 heterocycles. The van der Waals surface area contributed by atoms with Gasteiger partial charge >= 0.3 is 0 Å². The second kappa shape index (κ2) is 10.1. The van der Waals surface area contributed by atoms with Crippen molar-refractivity contribution < 1.29 is 0 Å². The minimum absolute atomic E-state index is 0.0117. The highest BCUT2D eigenvalue weighted by Crippen LogP contribution is 2.27. The Bertz CT molecular complexity index is 372. The van der Waals surface area contributed by atoms with Crippen molar-refractivity contribution in [2.24, 2.45) is 5.41 Å². The molecule has 0 aromatic rings. The van der Waals surface area contributed by atoms with Crippen LogP contribution in [-0.4, -0.2) is 0 Å². The van der Waals surface area contributed by atoms with E-state index in [9.17, 15) is 0 Å². The number of rotatable bonds is 9. The van der Waals surface area contributed by atoms with Crippen LogP contribution >= 0.6 is 0 Å². The van der Waals surface area contributed by atoms with Crippen LogP contribution in [0.25, 0.3) is 0 Å². The molecule has 0 aliphatic rings. The maximum Gasteiger partial charge on any atom is 0.156 e. The lowest BCUT2D eigenvalue weighted by Crippen LogP contribution is -2.15. The molecule has 0 saturated carbocycles. The van der Waals surface area contributed by atoms with Gasteiger partial charge in [0, 0.05) is 6.42 Å². The number of hydrogen-bond donors (Lipinski definition) is 0. The zero-order valence-corrected chi connectivity index (χ0v) is 10.7. The highest BCUT2D eigenvalue weighted by molar-refractivity contribution is 5.16. The van der Waals surface area contributed by atoms with Crippen LogP contribution in [0.15, 0.2) is 0 Å². The van der Waals surface area contributed by atoms with Gasteiger partial charge in [-0.05, 0) is 12.8 Å². The number of nitriles is 4. The lowest BCUT2D eigenvalue weighted by Gasteiger charge is -2.13. The molecule has 0 spiro atoms. The van der Waals surface area contributed by atoms with Gasteiger partial charge < -0.3 is 0 Å². The molecule has 0 rings (SSSR count). The molecule has 0 aliphatic heterocycles. The minimum atomic E-state index is -1.12. The molecular weight excluding hydrogens is 224 g/mol. The third kappa shape index (κ3) is 6.52. The molecule has 0 amide bonds. The summed E-state index contributed by atoms with van der Waals surface area (Å²) < 4.78 is 0. The van der Waals surface area contributed by atoms with E-state index >= 15 is 0 Å². The SMILES string of the molecule is N#CCCCCCCCCC(C#N)(C#N)CC#N. The second-order valence-electron chi connectivity index (χ2n) is 4.42. The van der Waals surface area contributed by atoms with Gasteiger partial charge in [0.2, 0.25) is 0 Å². The number of nitrogens with zero attached hydrogens (tertiary/aromatic N) is 4. The molecule has 0 aromatic heterocycles. The first-order valence-corrected chi connectivity index (χ1v) is 6.31. The fraction of sp³-hybridized carbons (Fsp3) is 0.714. The van der Waals surface area contributed by atoms with E-state index in [0.717, 1.165) is 38.5 Å². The van der Waals surface area contributed by atoms with Gasteiger partial charge in [0.15, 0.2) is 5.41 Å². The standard InChI is InChI=1S/C14H18N4/c15-10-7-5-3-1-2-4-6-8-14(12-17,13-18)9-11-16/h1-9H2. The molecule has 0 fully saturated rings. The highest BCUT2D eigenvalue weighted by Gasteiger charge is 2.29. The van der Waals surface area contributed by atoms with Crippen molar-refractivity contribution in [3.05, 3.63) is 0 Å². The van der Waals surface area contributed by atoms with Crippen LogP contribution in [0, 0.1) is 50.7 Å². The molecule has 4 nitrogen and oxygen atoms in total. The monoisotopic (exact) mass is 242 g/mol. The van der Waals surface area contributed by atoms with E-state index in [1.165, 1.54) is 0 Å². The van der Waals surface area contributed by atoms with Crippen molar-refractivity contribution in [1.82, 2.24) is 0 Å². The zero-order valence-electron chi connectivity index (χ0n) is 10.7. The molecule has 4 heteroatoms. The van der Waals surface area contributed by atoms with Crippen molar-refractivity contribution in [1.29, 1.82) is 21.0 Å². The summed E-state index contributed by atoms with van der Waals surface area (Å²) in [6.45, 7) is 0. The molecule has 18 heavy (non-hydrogen) atoms. The van der Waals surface area contributed by atoms with Crippen molar-refractivity contribution in [3.8, 4) is 24.3 Å². The Labute approximate surface area is 109 Å². The molecule has 0 bridgehead atoms. The Balaban J connectivity index is 3.71. The summed E-state index contributed by atoms with van der Waals surface area (Å²) in [5.74, 6) is 0. The van der Waals surface area contributed by atoms with Gasteiger partial charge in [0.1, 0.15) is 0 Å². The van der Waals surface area contributed by atoms with Crippen molar-refractivity contribution in [2.45, 2.75) is 57.8 Å². The van der Waals surface area contributed by atoms with Crippen molar-refractivity contribution in [2.75, 3.05) is 0 Å². The predicted octanol–water partition coefficient (Wildman–Crippen LogP) is 3.58. The zero-order chi connectivity index (χ0) is 13.7. The third-order valence-electron chi connectivity index (χ3n) is 2.95. The van der Waals surface area contributed by atoms with Gasteiger partial charge in [0.05, 0.1) is 30.7 Å². The lowest BCUT2D eigenvalue weighted by molar-refractivity contribution is 0.448. The largest absolute Gasteiger partial charge is 0.198 e. The first-order chi connectivity index (χ1) is 8.74. The van der Waals surface area contributed by atoms with Crippen molar-refractivity contribution >= 4 is 0 Å². The lowest BCUT2D eigenvalue weighted by atomic mass is 9.83. The fourth-order valence-electron chi connectivity index (χ4n) is 1.78. The van der Waals surface area contributed by atoms with E-state index in [-0.39, 0.29) is 6.42 Å². The normalized spacial score (nSPS) is 9.78. The van der Waals surface area contributed by atoms with Crippen molar-refractivity contribution in [3.63, 3.8) is 0 Å². The highest BCUT2D eigenvalue weighted by atomic mass is 14.4. The van der Waals surface area contributed by atoms with Crippen LogP contribution in [-0.2, 0) is 0 Å². The Hall–Kier alpha value is -2.04. The average molecular weight is 242 g/mol. The molecule has 0 radical (unpaired) electrons. The van der Waals surface area contributed by atoms with Gasteiger partial charge in [-0.2, -0.15) is 21.0 Å². The molecule has 0 unspecified atom stereocenters. The van der Waals surface area contributed by atoms with Gasteiger partial charge in [-0.1, -0.05) is 32.1 Å². The summed E-state index contributed by atoms with van der Waals surface area (Å²) in [5.41, 5.74) is -1.12. The summed E-state index contributed by atoms with van der Waals surface area (Å²) in [7, 11) is 0. The summed E-state index contributed by atoms with van der Waals surface area (Å²) >= 11 is 0. The molecule has 0 aromatic carbocycles. The van der Waals surface area contributed by atoms with Crippen LogP contribution in [0.3, 0.4) is 0 Å². The predicted molar refractivity (Wildman–Crippen MR) is 66.4 cm³/mol. The Morgan fingerprint density at radius 1 is 0.667 bits per heavy atom. The van der Waals surface area contributed by atoms with E-state index in [1.54, 1.807) is 0 Å². The van der Waals surface area contributed by atoms with Crippen LogP contribution in [0.5, 0.6) is 0 Å². The Morgan fingerprint density at radius 3 is 1.72 bits per heavy atom. The number of unbranched alkanes of at least 4 members (excludes halogenated alkanes) is 6. The van der Waals surface area contributed by atoms with E-state index < -0.39 is 5.41 Å². The van der Waals surface area contributed by atoms with Gasteiger partial charge in [0.25, 0.3) is 0 Å². The molecular formula is C14H18N4. The van der Waals surface area contributed by atoms with E-state index in [1.807, 2.05) is 18.2 Å². The average Bonchev–Trinajstić information content (AvgIpc) is 2.40. The number of hydrogen-bond acceptors (Lipinski definition) is 4. The van der Waals surface area contributed by atoms with Gasteiger partial charge in [-0.3, -0.25) is 0 Å². The molecule has 0 saturated heterocycles. The quantitative estimate of drug-likeness (QED) is 0.577. The molecule has 94 valence electrons. The molecule has 0 N–H and O–H groups in total. The summed E-state index contributed by atoms with van der Waals surface area (Å²) in [6.07, 6.45) is 7.03. The first kappa shape index (κ1) is 16.0. The smallest absolute Gasteiger partial charge is 0.156 e. The minimum Gasteiger partial charge on any atom is -0.198 e. The van der Waals surface area contributed by atoms with E-state index in [0.29, 0.717) is 12.8 Å². The van der Waals surface area contributed by atoms with E-state index in [4.69, 9.17) is 21.0 Å². The summed E-state index contributed by atoms with van der Waals surface area (Å²) in [4.78, 5) is 0. The maximum atomic E-state index is 8.95. The fourth-order valence-corrected chi connectivity index (χ4v) is 1.78. The van der Waals surface area contributed by atoms with Gasteiger partial charge in [-0.15, -0.1) is 0 Å². The van der Waals surface area contributed by atoms with Crippen LogP contribution < -0.4 is 0 Å². The van der Waals surface area contributed by atoms with Crippen LogP contribution in [0.2, 0.25) is 0 Å². The first-order valence-electron chi connectivity index (χ1n) is 6.31. The topological polar surface area (TPSA) is 95.2 Å². The Morgan fingerprint density at radius 2 is 1.22 bits per heavy atom. The second-order valence-corrected chi connectivity index (χ2v) is 4.42. The maximum absolute atomic E-state index is 8.95. The van der Waals surface area contributed by atoms with E-state index in [2.05, 4.69) is 6.07 Å². The summed E-state index contributed by atoms with van der Waals surface area (Å²) in [6, 6.07) is 7.96. The third-order valence-corrected chi connectivity index (χ3v) is 2.95. The Kier molecular flexibility index (Phi) is 8.99. The van der Waals surface area contributed by atoms with Crippen LogP contribution in [0.1, 0.15) is 57.8 Å². The molecule has 0 atom stereocenters. The summed E-state index contributed by atoms with van der Waals surface area (Å²) in [5, 5.41) is 34.9. The molecule has 0 aliphatic carbocycles.